The summed E-state index contributed by atoms with van der Waals surface area (Å²) < 4.78 is 0. The van der Waals surface area contributed by atoms with Crippen LogP contribution < -0.4 is 0 Å². The first kappa shape index (κ1) is 10.8. The van der Waals surface area contributed by atoms with Gasteiger partial charge in [0.15, 0.2) is 0 Å². The third-order valence-corrected chi connectivity index (χ3v) is 10.1. The maximum absolute atomic E-state index is 2.49. The quantitative estimate of drug-likeness (QED) is 0.609. The molecule has 0 saturated carbocycles. The summed E-state index contributed by atoms with van der Waals surface area (Å²) in [6.45, 7) is 4.69. The molecule has 2 nitrogen and oxygen atoms in total. The molecule has 3 aliphatic heterocycles. The van der Waals surface area contributed by atoms with Crippen molar-refractivity contribution in [2.45, 2.75) is 17.2 Å². The Morgan fingerprint density at radius 1 is 1.31 bits per heavy atom. The van der Waals surface area contributed by atoms with E-state index >= 15 is 0 Å². The average Bonchev–Trinajstić information content (AvgIpc) is 2.04. The lowest BCUT2D eigenvalue weighted by atomic mass is 10.2. The third-order valence-electron chi connectivity index (χ3n) is 2.66. The number of hydrogen-bond acceptors (Lipinski definition) is 6. The van der Waals surface area contributed by atoms with Gasteiger partial charge in [0.25, 0.3) is 0 Å². The zero-order valence-corrected chi connectivity index (χ0v) is 11.3. The molecule has 2 bridgehead atoms. The second-order valence-corrected chi connectivity index (χ2v) is 10.1. The lowest BCUT2D eigenvalue weighted by Crippen LogP contribution is -2.59. The van der Waals surface area contributed by atoms with Crippen molar-refractivity contribution in [2.24, 2.45) is 0 Å². The molecular formula is C7H14N2S4. The van der Waals surface area contributed by atoms with Crippen LogP contribution in [0.15, 0.2) is 0 Å². The number of rotatable bonds is 0. The molecule has 13 heavy (non-hydrogen) atoms. The van der Waals surface area contributed by atoms with Gasteiger partial charge in [0.1, 0.15) is 0 Å². The van der Waals surface area contributed by atoms with E-state index < -0.39 is 0 Å². The summed E-state index contributed by atoms with van der Waals surface area (Å²) in [6.07, 6.45) is 0. The van der Waals surface area contributed by atoms with Crippen LogP contribution in [0, 0.1) is 0 Å². The van der Waals surface area contributed by atoms with E-state index in [2.05, 4.69) is 30.8 Å². The van der Waals surface area contributed by atoms with E-state index in [1.807, 2.05) is 41.2 Å². The van der Waals surface area contributed by atoms with E-state index in [0.29, 0.717) is 10.2 Å². The molecule has 2 atom stereocenters. The summed E-state index contributed by atoms with van der Waals surface area (Å²) >= 11 is 0. The average molecular weight is 254 g/mol. The Morgan fingerprint density at radius 2 is 2.08 bits per heavy atom. The summed E-state index contributed by atoms with van der Waals surface area (Å²) in [5.41, 5.74) is 0. The molecular weight excluding hydrogens is 240 g/mol. The molecule has 3 saturated heterocycles. The minimum atomic E-state index is 0.296. The Kier molecular flexibility index (Phi) is 3.38. The van der Waals surface area contributed by atoms with Gasteiger partial charge in [0.05, 0.1) is 10.2 Å². The highest BCUT2D eigenvalue weighted by Gasteiger charge is 2.41. The van der Waals surface area contributed by atoms with Crippen LogP contribution in [0.4, 0.5) is 0 Å². The van der Waals surface area contributed by atoms with Crippen LogP contribution in [-0.2, 0) is 0 Å². The van der Waals surface area contributed by atoms with Crippen molar-refractivity contribution in [1.29, 1.82) is 0 Å². The van der Waals surface area contributed by atoms with Gasteiger partial charge in [-0.25, -0.2) is 0 Å². The molecule has 3 fully saturated rings. The lowest BCUT2D eigenvalue weighted by Gasteiger charge is -2.50. The van der Waals surface area contributed by atoms with E-state index in [4.69, 9.17) is 0 Å². The van der Waals surface area contributed by atoms with Crippen molar-refractivity contribution in [3.05, 3.63) is 0 Å². The number of fused-ring (bicyclic) bond motifs is 5. The molecule has 0 aliphatic carbocycles. The van der Waals surface area contributed by atoms with E-state index in [1.165, 1.54) is 13.1 Å². The minimum absolute atomic E-state index is 0.296. The van der Waals surface area contributed by atoms with Crippen molar-refractivity contribution in [1.82, 2.24) is 9.80 Å². The molecule has 3 aliphatic rings. The number of nitrogens with zero attached hydrogens (tertiary/aromatic N) is 2. The first-order valence-electron chi connectivity index (χ1n) is 4.21. The van der Waals surface area contributed by atoms with Gasteiger partial charge in [-0.05, 0) is 40.7 Å². The van der Waals surface area contributed by atoms with Gasteiger partial charge < -0.3 is 0 Å². The highest BCUT2D eigenvalue weighted by atomic mass is 33.7. The summed E-state index contributed by atoms with van der Waals surface area (Å²) in [6, 6.07) is 0. The van der Waals surface area contributed by atoms with Gasteiger partial charge in [-0.1, -0.05) is 21.6 Å². The predicted molar refractivity (Wildman–Crippen MR) is 67.8 cm³/mol. The standard InChI is InChI=1S/C7H14N2S4/c1-7-5-8(2)6(4-9(7)3)10-12-13-11-7/h6H,4-5H2,1-3H3. The van der Waals surface area contributed by atoms with Gasteiger partial charge in [-0.15, -0.1) is 0 Å². The highest BCUT2D eigenvalue weighted by molar-refractivity contribution is 9.26. The maximum Gasteiger partial charge on any atom is 0.0880 e. The molecule has 6 heteroatoms. The molecule has 0 N–H and O–H groups in total. The van der Waals surface area contributed by atoms with Crippen molar-refractivity contribution >= 4 is 41.2 Å². The smallest absolute Gasteiger partial charge is 0.0880 e. The zero-order valence-electron chi connectivity index (χ0n) is 8.02. The second kappa shape index (κ2) is 4.06. The van der Waals surface area contributed by atoms with Crippen LogP contribution in [0.1, 0.15) is 6.92 Å². The Morgan fingerprint density at radius 3 is 2.85 bits per heavy atom. The number of hydrogen-bond donors (Lipinski definition) is 0. The van der Waals surface area contributed by atoms with E-state index in [9.17, 15) is 0 Å². The van der Waals surface area contributed by atoms with Gasteiger partial charge in [-0.3, -0.25) is 9.80 Å². The molecule has 0 aromatic heterocycles. The number of likely N-dealkylation sites (N-methyl/N-ethyl adjacent to an activating group) is 2. The third kappa shape index (κ3) is 2.13. The van der Waals surface area contributed by atoms with Gasteiger partial charge in [0, 0.05) is 13.1 Å². The predicted octanol–water partition coefficient (Wildman–Crippen LogP) is 2.60. The summed E-state index contributed by atoms with van der Waals surface area (Å²) in [5, 5.41) is 0.663. The monoisotopic (exact) mass is 254 g/mol. The van der Waals surface area contributed by atoms with Crippen molar-refractivity contribution in [3.63, 3.8) is 0 Å². The Hall–Kier alpha value is 1.32. The molecule has 0 spiro atoms. The van der Waals surface area contributed by atoms with Crippen LogP contribution in [0.2, 0.25) is 0 Å². The fraction of sp³-hybridized carbons (Fsp3) is 1.00. The lowest BCUT2D eigenvalue weighted by molar-refractivity contribution is 0.0908. The molecule has 0 aromatic rings. The van der Waals surface area contributed by atoms with E-state index in [-0.39, 0.29) is 0 Å². The van der Waals surface area contributed by atoms with Crippen molar-refractivity contribution < 1.29 is 0 Å². The van der Waals surface area contributed by atoms with Crippen molar-refractivity contribution in [2.75, 3.05) is 27.2 Å². The van der Waals surface area contributed by atoms with Gasteiger partial charge in [0.2, 0.25) is 0 Å². The van der Waals surface area contributed by atoms with Crippen LogP contribution in [0.5, 0.6) is 0 Å². The minimum Gasteiger partial charge on any atom is -0.290 e. The Bertz CT molecular complexity index is 203. The molecule has 3 rings (SSSR count). The topological polar surface area (TPSA) is 6.48 Å². The summed E-state index contributed by atoms with van der Waals surface area (Å²) in [7, 11) is 12.3. The first-order valence-corrected chi connectivity index (χ1v) is 9.09. The largest absolute Gasteiger partial charge is 0.290 e. The second-order valence-electron chi connectivity index (χ2n) is 3.74. The van der Waals surface area contributed by atoms with E-state index in [1.54, 1.807) is 0 Å². The molecule has 2 unspecified atom stereocenters. The van der Waals surface area contributed by atoms with Crippen LogP contribution in [-0.4, -0.2) is 47.2 Å². The van der Waals surface area contributed by atoms with Crippen LogP contribution in [0.3, 0.4) is 0 Å². The molecule has 0 radical (unpaired) electrons. The van der Waals surface area contributed by atoms with Gasteiger partial charge >= 0.3 is 0 Å². The summed E-state index contributed by atoms with van der Waals surface area (Å²) in [4.78, 5) is 5.26. The molecule has 3 heterocycles. The fourth-order valence-corrected chi connectivity index (χ4v) is 9.20. The molecule has 0 amide bonds. The maximum atomic E-state index is 2.49. The first-order chi connectivity index (χ1) is 6.12. The van der Waals surface area contributed by atoms with E-state index in [0.717, 1.165) is 0 Å². The number of piperazine rings is 1. The van der Waals surface area contributed by atoms with Crippen molar-refractivity contribution in [3.8, 4) is 0 Å². The molecule has 76 valence electrons. The highest BCUT2D eigenvalue weighted by Crippen LogP contribution is 2.55. The normalized spacial score (nSPS) is 43.2. The Labute approximate surface area is 95.1 Å². The zero-order chi connectivity index (χ0) is 9.47. The fourth-order valence-electron chi connectivity index (χ4n) is 1.59. The Balaban J connectivity index is 2.18. The molecule has 0 aromatic carbocycles. The van der Waals surface area contributed by atoms with Crippen LogP contribution in [0.25, 0.3) is 0 Å². The van der Waals surface area contributed by atoms with Crippen LogP contribution >= 0.6 is 41.2 Å². The summed E-state index contributed by atoms with van der Waals surface area (Å²) in [5.74, 6) is 0. The SMILES string of the molecule is CN1CC2(C)SSSSC1CN2C. The van der Waals surface area contributed by atoms with Gasteiger partial charge in [-0.2, -0.15) is 0 Å².